The molecule has 92 valence electrons. The summed E-state index contributed by atoms with van der Waals surface area (Å²) in [5.41, 5.74) is 9.09. The lowest BCUT2D eigenvalue weighted by Crippen LogP contribution is -2.33. The minimum atomic E-state index is -0.0713. The molecule has 3 rings (SSSR count). The lowest BCUT2D eigenvalue weighted by molar-refractivity contribution is 0.192. The largest absolute Gasteiger partial charge is 0.490 e. The summed E-state index contributed by atoms with van der Waals surface area (Å²) in [6, 6.07) is 6.57. The fraction of sp³-hybridized carbons (Fsp3) is 0.600. The summed E-state index contributed by atoms with van der Waals surface area (Å²) in [4.78, 5) is 0. The van der Waals surface area contributed by atoms with E-state index < -0.39 is 0 Å². The van der Waals surface area contributed by atoms with Gasteiger partial charge in [0.1, 0.15) is 5.75 Å². The predicted molar refractivity (Wildman–Crippen MR) is 69.2 cm³/mol. The summed E-state index contributed by atoms with van der Waals surface area (Å²) in [7, 11) is 0. The Bertz CT molecular complexity index is 421. The first-order valence-electron chi connectivity index (χ1n) is 6.76. The van der Waals surface area contributed by atoms with Crippen molar-refractivity contribution in [3.05, 3.63) is 29.3 Å². The average molecular weight is 231 g/mol. The van der Waals surface area contributed by atoms with Crippen LogP contribution >= 0.6 is 0 Å². The van der Waals surface area contributed by atoms with E-state index in [9.17, 15) is 0 Å². The molecule has 1 saturated carbocycles. The molecule has 2 heteroatoms. The third-order valence-corrected chi connectivity index (χ3v) is 4.28. The molecule has 0 amide bonds. The molecule has 0 radical (unpaired) electrons. The molecule has 2 N–H and O–H groups in total. The molecule has 1 unspecified atom stereocenters. The highest BCUT2D eigenvalue weighted by Crippen LogP contribution is 2.39. The van der Waals surface area contributed by atoms with Crippen LogP contribution in [0.3, 0.4) is 0 Å². The quantitative estimate of drug-likeness (QED) is 0.806. The van der Waals surface area contributed by atoms with Gasteiger partial charge in [-0.3, -0.25) is 0 Å². The molecule has 17 heavy (non-hydrogen) atoms. The number of fused-ring (bicyclic) bond motifs is 1. The number of ether oxygens (including phenoxy) is 1. The highest BCUT2D eigenvalue weighted by atomic mass is 16.5. The molecule has 1 aliphatic carbocycles. The lowest BCUT2D eigenvalue weighted by Gasteiger charge is -2.28. The summed E-state index contributed by atoms with van der Waals surface area (Å²) in [6.07, 6.45) is 7.38. The fourth-order valence-corrected chi connectivity index (χ4v) is 3.13. The molecule has 1 atom stereocenters. The van der Waals surface area contributed by atoms with Crippen molar-refractivity contribution in [2.24, 2.45) is 5.73 Å². The second-order valence-corrected chi connectivity index (χ2v) is 5.65. The van der Waals surface area contributed by atoms with Crippen LogP contribution in [0.4, 0.5) is 0 Å². The molecule has 2 nitrogen and oxygen atoms in total. The first kappa shape index (κ1) is 11.1. The van der Waals surface area contributed by atoms with Gasteiger partial charge in [-0.2, -0.15) is 0 Å². The van der Waals surface area contributed by atoms with Crippen molar-refractivity contribution >= 4 is 0 Å². The summed E-state index contributed by atoms with van der Waals surface area (Å²) in [6.45, 7) is 2.14. The normalized spacial score (nSPS) is 26.4. The van der Waals surface area contributed by atoms with Crippen LogP contribution in [0.25, 0.3) is 0 Å². The van der Waals surface area contributed by atoms with Gasteiger partial charge in [-0.05, 0) is 49.8 Å². The summed E-state index contributed by atoms with van der Waals surface area (Å²) in [5.74, 6) is 1.06. The van der Waals surface area contributed by atoms with Gasteiger partial charge in [-0.25, -0.2) is 0 Å². The van der Waals surface area contributed by atoms with Gasteiger partial charge in [-0.1, -0.05) is 25.0 Å². The van der Waals surface area contributed by atoms with E-state index in [1.54, 1.807) is 0 Å². The van der Waals surface area contributed by atoms with E-state index in [1.165, 1.54) is 24.0 Å². The lowest BCUT2D eigenvalue weighted by atomic mass is 9.87. The van der Waals surface area contributed by atoms with Gasteiger partial charge in [-0.15, -0.1) is 0 Å². The Labute approximate surface area is 103 Å². The molecular weight excluding hydrogens is 210 g/mol. The van der Waals surface area contributed by atoms with Crippen LogP contribution < -0.4 is 10.5 Å². The van der Waals surface area contributed by atoms with Crippen molar-refractivity contribution in [2.75, 3.05) is 0 Å². The van der Waals surface area contributed by atoms with Gasteiger partial charge in [0.2, 0.25) is 0 Å². The number of aryl methyl sites for hydroxylation is 1. The smallest absolute Gasteiger partial charge is 0.122 e. The Morgan fingerprint density at radius 1 is 1.29 bits per heavy atom. The van der Waals surface area contributed by atoms with Crippen LogP contribution in [0.5, 0.6) is 5.75 Å². The van der Waals surface area contributed by atoms with E-state index in [4.69, 9.17) is 10.5 Å². The van der Waals surface area contributed by atoms with Crippen LogP contribution in [0.1, 0.15) is 50.2 Å². The Morgan fingerprint density at radius 2 is 2.06 bits per heavy atom. The second kappa shape index (κ2) is 4.02. The number of nitrogens with two attached hydrogens (primary N) is 1. The van der Waals surface area contributed by atoms with Gasteiger partial charge in [0.25, 0.3) is 0 Å². The molecule has 1 fully saturated rings. The summed E-state index contributed by atoms with van der Waals surface area (Å²) >= 11 is 0. The first-order chi connectivity index (χ1) is 8.17. The van der Waals surface area contributed by atoms with Crippen molar-refractivity contribution in [1.82, 2.24) is 0 Å². The maximum atomic E-state index is 6.50. The average Bonchev–Trinajstić information content (AvgIpc) is 2.77. The van der Waals surface area contributed by atoms with Crippen molar-refractivity contribution in [3.8, 4) is 5.75 Å². The number of benzene rings is 1. The SMILES string of the molecule is CC1CCc2cc(C3(N)CCCC3)ccc2O1. The van der Waals surface area contributed by atoms with Crippen LogP contribution in [0.2, 0.25) is 0 Å². The number of hydrogen-bond acceptors (Lipinski definition) is 2. The Kier molecular flexibility index (Phi) is 2.62. The Morgan fingerprint density at radius 3 is 2.82 bits per heavy atom. The van der Waals surface area contributed by atoms with Crippen LogP contribution in [0, 0.1) is 0 Å². The summed E-state index contributed by atoms with van der Waals surface area (Å²) < 4.78 is 5.84. The minimum Gasteiger partial charge on any atom is -0.490 e. The first-order valence-corrected chi connectivity index (χ1v) is 6.76. The van der Waals surface area contributed by atoms with Crippen molar-refractivity contribution in [2.45, 2.75) is 57.1 Å². The van der Waals surface area contributed by atoms with E-state index in [-0.39, 0.29) is 5.54 Å². The molecule has 0 spiro atoms. The fourth-order valence-electron chi connectivity index (χ4n) is 3.13. The minimum absolute atomic E-state index is 0.0713. The zero-order valence-electron chi connectivity index (χ0n) is 10.5. The Hall–Kier alpha value is -1.02. The van der Waals surface area contributed by atoms with Gasteiger partial charge in [0.15, 0.2) is 0 Å². The molecule has 1 aliphatic heterocycles. The monoisotopic (exact) mass is 231 g/mol. The van der Waals surface area contributed by atoms with Gasteiger partial charge >= 0.3 is 0 Å². The van der Waals surface area contributed by atoms with E-state index in [1.807, 2.05) is 0 Å². The van der Waals surface area contributed by atoms with Gasteiger partial charge in [0, 0.05) is 5.54 Å². The molecular formula is C15H21NO. The number of rotatable bonds is 1. The molecule has 0 aromatic heterocycles. The van der Waals surface area contributed by atoms with E-state index in [2.05, 4.69) is 25.1 Å². The zero-order valence-corrected chi connectivity index (χ0v) is 10.5. The molecule has 1 heterocycles. The third kappa shape index (κ3) is 1.95. The predicted octanol–water partition coefficient (Wildman–Crippen LogP) is 3.13. The third-order valence-electron chi connectivity index (χ3n) is 4.28. The van der Waals surface area contributed by atoms with Crippen molar-refractivity contribution < 1.29 is 4.74 Å². The van der Waals surface area contributed by atoms with E-state index in [0.29, 0.717) is 6.10 Å². The van der Waals surface area contributed by atoms with Gasteiger partial charge < -0.3 is 10.5 Å². The number of hydrogen-bond donors (Lipinski definition) is 1. The van der Waals surface area contributed by atoms with Crippen LogP contribution in [0.15, 0.2) is 18.2 Å². The standard InChI is InChI=1S/C15H21NO/c1-11-4-5-12-10-13(6-7-14(12)17-11)15(16)8-2-3-9-15/h6-7,10-11H,2-5,8-9,16H2,1H3. The molecule has 1 aromatic rings. The van der Waals surface area contributed by atoms with Crippen LogP contribution in [-0.2, 0) is 12.0 Å². The topological polar surface area (TPSA) is 35.2 Å². The summed E-state index contributed by atoms with van der Waals surface area (Å²) in [5, 5.41) is 0. The maximum absolute atomic E-state index is 6.50. The molecule has 2 aliphatic rings. The zero-order chi connectivity index (χ0) is 11.9. The van der Waals surface area contributed by atoms with E-state index in [0.717, 1.165) is 31.4 Å². The molecule has 1 aromatic carbocycles. The van der Waals surface area contributed by atoms with Crippen LogP contribution in [-0.4, -0.2) is 6.10 Å². The van der Waals surface area contributed by atoms with E-state index >= 15 is 0 Å². The Balaban J connectivity index is 1.93. The maximum Gasteiger partial charge on any atom is 0.122 e. The highest BCUT2D eigenvalue weighted by molar-refractivity contribution is 5.41. The van der Waals surface area contributed by atoms with Crippen molar-refractivity contribution in [3.63, 3.8) is 0 Å². The van der Waals surface area contributed by atoms with Gasteiger partial charge in [0.05, 0.1) is 6.10 Å². The molecule has 0 saturated heterocycles. The van der Waals surface area contributed by atoms with Crippen molar-refractivity contribution in [1.29, 1.82) is 0 Å². The second-order valence-electron chi connectivity index (χ2n) is 5.65. The highest BCUT2D eigenvalue weighted by Gasteiger charge is 2.32. The molecule has 0 bridgehead atoms.